The maximum Gasteiger partial charge on any atom is 0.148 e. The maximum absolute atomic E-state index is 5.93. The number of aryl methyl sites for hydroxylation is 1. The lowest BCUT2D eigenvalue weighted by Crippen LogP contribution is -2.52. The van der Waals surface area contributed by atoms with Gasteiger partial charge in [0.15, 0.2) is 0 Å². The van der Waals surface area contributed by atoms with Gasteiger partial charge in [0, 0.05) is 20.2 Å². The molecule has 0 N–H and O–H groups in total. The van der Waals surface area contributed by atoms with Crippen LogP contribution in [-0.4, -0.2) is 36.3 Å². The molecule has 0 saturated carbocycles. The van der Waals surface area contributed by atoms with E-state index in [1.165, 1.54) is 0 Å². The summed E-state index contributed by atoms with van der Waals surface area (Å²) in [5.74, 6) is 1.46. The van der Waals surface area contributed by atoms with Gasteiger partial charge in [-0.1, -0.05) is 11.6 Å². The van der Waals surface area contributed by atoms with E-state index in [1.807, 2.05) is 6.92 Å². The van der Waals surface area contributed by atoms with Crippen molar-refractivity contribution in [1.82, 2.24) is 9.97 Å². The van der Waals surface area contributed by atoms with Crippen LogP contribution in [0.5, 0.6) is 0 Å². The van der Waals surface area contributed by atoms with E-state index in [4.69, 9.17) is 16.3 Å². The first-order chi connectivity index (χ1) is 7.11. The van der Waals surface area contributed by atoms with Gasteiger partial charge in [0.1, 0.15) is 16.8 Å². The molecule has 1 aromatic rings. The third kappa shape index (κ3) is 2.04. The Bertz CT molecular complexity index is 382. The Morgan fingerprint density at radius 3 is 2.73 bits per heavy atom. The summed E-state index contributed by atoms with van der Waals surface area (Å²) in [6.45, 7) is 3.48. The number of rotatable bonds is 2. The molecule has 0 radical (unpaired) electrons. The van der Waals surface area contributed by atoms with E-state index in [1.54, 1.807) is 7.11 Å². The number of hydrogen-bond donors (Lipinski definition) is 1. The molecule has 4 nitrogen and oxygen atoms in total. The normalized spacial score (nSPS) is 16.7. The van der Waals surface area contributed by atoms with Gasteiger partial charge in [-0.25, -0.2) is 9.97 Å². The number of anilines is 1. The third-order valence-corrected chi connectivity index (χ3v) is 3.23. The molecular weight excluding hydrogens is 234 g/mol. The predicted molar refractivity (Wildman–Crippen MR) is 62.0 cm³/mol. The number of hydrogen-bond acceptors (Lipinski definition) is 5. The number of halogens is 1. The van der Waals surface area contributed by atoms with Gasteiger partial charge in [-0.3, -0.25) is 0 Å². The molecule has 1 fully saturated rings. The molecule has 0 unspecified atom stereocenters. The number of nitrogens with zero attached hydrogens (tertiary/aromatic N) is 3. The van der Waals surface area contributed by atoms with Gasteiger partial charge < -0.3 is 9.64 Å². The first-order valence-electron chi connectivity index (χ1n) is 4.62. The maximum atomic E-state index is 5.93. The second kappa shape index (κ2) is 4.15. The highest BCUT2D eigenvalue weighted by molar-refractivity contribution is 7.80. The van der Waals surface area contributed by atoms with Crippen molar-refractivity contribution in [3.63, 3.8) is 0 Å². The molecule has 82 valence electrons. The first kappa shape index (κ1) is 11.0. The number of ether oxygens (including phenoxy) is 1. The summed E-state index contributed by atoms with van der Waals surface area (Å²) in [5, 5.41) is 0.404. The Balaban J connectivity index is 2.22. The molecule has 1 aliphatic heterocycles. The molecule has 1 aromatic heterocycles. The van der Waals surface area contributed by atoms with Crippen LogP contribution in [-0.2, 0) is 4.74 Å². The third-order valence-electron chi connectivity index (χ3n) is 2.42. The second-order valence-corrected chi connectivity index (χ2v) is 4.30. The molecule has 15 heavy (non-hydrogen) atoms. The van der Waals surface area contributed by atoms with Crippen molar-refractivity contribution >= 4 is 30.0 Å². The minimum absolute atomic E-state index is 0.284. The summed E-state index contributed by atoms with van der Waals surface area (Å²) >= 11 is 10.2. The highest BCUT2D eigenvalue weighted by Gasteiger charge is 2.29. The fraction of sp³-hybridized carbons (Fsp3) is 0.556. The summed E-state index contributed by atoms with van der Waals surface area (Å²) < 4.78 is 5.20. The van der Waals surface area contributed by atoms with E-state index in [0.29, 0.717) is 15.9 Å². The highest BCUT2D eigenvalue weighted by atomic mass is 35.5. The largest absolute Gasteiger partial charge is 0.378 e. The highest BCUT2D eigenvalue weighted by Crippen LogP contribution is 2.30. The minimum atomic E-state index is 0.284. The Kier molecular flexibility index (Phi) is 3.04. The van der Waals surface area contributed by atoms with E-state index < -0.39 is 0 Å². The monoisotopic (exact) mass is 245 g/mol. The predicted octanol–water partition coefficient (Wildman–Crippen LogP) is 1.56. The minimum Gasteiger partial charge on any atom is -0.378 e. The molecule has 0 aliphatic carbocycles. The molecule has 1 aliphatic rings. The molecule has 0 atom stereocenters. The zero-order chi connectivity index (χ0) is 11.0. The fourth-order valence-corrected chi connectivity index (χ4v) is 1.95. The molecule has 0 spiro atoms. The van der Waals surface area contributed by atoms with Gasteiger partial charge in [-0.15, -0.1) is 12.6 Å². The second-order valence-electron chi connectivity index (χ2n) is 3.50. The zero-order valence-corrected chi connectivity index (χ0v) is 10.2. The Labute approximate surface area is 99.0 Å². The average molecular weight is 246 g/mol. The van der Waals surface area contributed by atoms with Crippen LogP contribution in [0.1, 0.15) is 5.82 Å². The molecule has 6 heteroatoms. The zero-order valence-electron chi connectivity index (χ0n) is 8.57. The number of aromatic nitrogens is 2. The van der Waals surface area contributed by atoms with E-state index in [2.05, 4.69) is 27.5 Å². The lowest BCUT2D eigenvalue weighted by atomic mass is 10.2. The summed E-state index contributed by atoms with van der Waals surface area (Å²) in [6, 6.07) is 0. The van der Waals surface area contributed by atoms with Gasteiger partial charge >= 0.3 is 0 Å². The number of thiol groups is 1. The lowest BCUT2D eigenvalue weighted by molar-refractivity contribution is 0.0780. The Hall–Kier alpha value is -0.520. The van der Waals surface area contributed by atoms with Crippen LogP contribution in [0, 0.1) is 6.92 Å². The standard InChI is InChI=1S/C9H12ClN3OS/c1-5-11-8(10)7(15)9(12-5)13-3-6(4-13)14-2/h6,15H,3-4H2,1-2H3. The lowest BCUT2D eigenvalue weighted by Gasteiger charge is -2.39. The molecule has 0 aromatic carbocycles. The SMILES string of the molecule is COC1CN(c2nc(C)nc(Cl)c2S)C1. The molecule has 0 bridgehead atoms. The van der Waals surface area contributed by atoms with Gasteiger partial charge in [-0.05, 0) is 6.92 Å². The van der Waals surface area contributed by atoms with Crippen molar-refractivity contribution < 1.29 is 4.74 Å². The summed E-state index contributed by atoms with van der Waals surface area (Å²) in [6.07, 6.45) is 0.284. The van der Waals surface area contributed by atoms with Crippen LogP contribution >= 0.6 is 24.2 Å². The van der Waals surface area contributed by atoms with E-state index >= 15 is 0 Å². The topological polar surface area (TPSA) is 38.2 Å². The molecule has 0 amide bonds. The Morgan fingerprint density at radius 1 is 1.47 bits per heavy atom. The van der Waals surface area contributed by atoms with Crippen molar-refractivity contribution in [3.8, 4) is 0 Å². The molecule has 1 saturated heterocycles. The van der Waals surface area contributed by atoms with Gasteiger partial charge in [-0.2, -0.15) is 0 Å². The van der Waals surface area contributed by atoms with Crippen LogP contribution in [0.2, 0.25) is 5.15 Å². The summed E-state index contributed by atoms with van der Waals surface area (Å²) in [7, 11) is 1.71. The van der Waals surface area contributed by atoms with E-state index in [-0.39, 0.29) is 6.10 Å². The smallest absolute Gasteiger partial charge is 0.148 e. The average Bonchev–Trinajstić information content (AvgIpc) is 2.11. The first-order valence-corrected chi connectivity index (χ1v) is 5.45. The van der Waals surface area contributed by atoms with Gasteiger partial charge in [0.05, 0.1) is 11.0 Å². The fourth-order valence-electron chi connectivity index (χ4n) is 1.50. The van der Waals surface area contributed by atoms with Crippen molar-refractivity contribution in [2.45, 2.75) is 17.9 Å². The summed E-state index contributed by atoms with van der Waals surface area (Å²) in [5.41, 5.74) is 0. The van der Waals surface area contributed by atoms with Crippen molar-refractivity contribution in [3.05, 3.63) is 11.0 Å². The van der Waals surface area contributed by atoms with Crippen LogP contribution in [0.15, 0.2) is 4.90 Å². The van der Waals surface area contributed by atoms with Crippen LogP contribution < -0.4 is 4.90 Å². The molecule has 2 heterocycles. The van der Waals surface area contributed by atoms with Crippen molar-refractivity contribution in [2.24, 2.45) is 0 Å². The molecule has 2 rings (SSSR count). The van der Waals surface area contributed by atoms with Crippen molar-refractivity contribution in [1.29, 1.82) is 0 Å². The number of methoxy groups -OCH3 is 1. The van der Waals surface area contributed by atoms with Crippen LogP contribution in [0.4, 0.5) is 5.82 Å². The van der Waals surface area contributed by atoms with Crippen LogP contribution in [0.3, 0.4) is 0 Å². The van der Waals surface area contributed by atoms with Crippen LogP contribution in [0.25, 0.3) is 0 Å². The van der Waals surface area contributed by atoms with E-state index in [0.717, 1.165) is 18.9 Å². The quantitative estimate of drug-likeness (QED) is 0.634. The summed E-state index contributed by atoms with van der Waals surface area (Å²) in [4.78, 5) is 11.1. The van der Waals surface area contributed by atoms with Gasteiger partial charge in [0.25, 0.3) is 0 Å². The van der Waals surface area contributed by atoms with Crippen molar-refractivity contribution in [2.75, 3.05) is 25.1 Å². The van der Waals surface area contributed by atoms with E-state index in [9.17, 15) is 0 Å². The van der Waals surface area contributed by atoms with Gasteiger partial charge in [0.2, 0.25) is 0 Å². The Morgan fingerprint density at radius 2 is 2.13 bits per heavy atom. The molecular formula is C9H12ClN3OS.